The standard InChI is InChI=1S/C29H32ClN3O7S/c1-5-38-26-9-7-6-8-25(26)33(41(36,37)24-16-12-22(30)13-17-24)19-27(34)32-31-18-21-10-14-23(15-11-21)39-20-28(35)40-29(2,3)4/h6-18H,5,19-20H2,1-4H3,(H,32,34)/b31-18-. The molecule has 0 aliphatic carbocycles. The number of ether oxygens (including phenoxy) is 3. The molecular weight excluding hydrogens is 570 g/mol. The summed E-state index contributed by atoms with van der Waals surface area (Å²) in [6, 6.07) is 18.8. The molecule has 3 rings (SSSR count). The highest BCUT2D eigenvalue weighted by atomic mass is 35.5. The van der Waals surface area contributed by atoms with Gasteiger partial charge >= 0.3 is 5.97 Å². The molecule has 3 aromatic rings. The number of amides is 1. The molecule has 41 heavy (non-hydrogen) atoms. The molecule has 1 N–H and O–H groups in total. The zero-order valence-corrected chi connectivity index (χ0v) is 24.7. The largest absolute Gasteiger partial charge is 0.492 e. The summed E-state index contributed by atoms with van der Waals surface area (Å²) in [6.45, 7) is 6.59. The number of hydrogen-bond acceptors (Lipinski definition) is 8. The van der Waals surface area contributed by atoms with Gasteiger partial charge in [-0.1, -0.05) is 23.7 Å². The van der Waals surface area contributed by atoms with Crippen molar-refractivity contribution in [1.82, 2.24) is 5.43 Å². The maximum atomic E-state index is 13.6. The molecule has 1 amide bonds. The van der Waals surface area contributed by atoms with Crippen molar-refractivity contribution >= 4 is 45.4 Å². The number of esters is 1. The van der Waals surface area contributed by atoms with Crippen LogP contribution in [0.25, 0.3) is 0 Å². The molecular formula is C29H32ClN3O7S. The van der Waals surface area contributed by atoms with E-state index in [9.17, 15) is 18.0 Å². The summed E-state index contributed by atoms with van der Waals surface area (Å²) in [7, 11) is -4.18. The third-order valence-corrected chi connectivity index (χ3v) is 7.21. The Bertz CT molecular complexity index is 1470. The molecule has 0 fully saturated rings. The molecule has 12 heteroatoms. The fourth-order valence-corrected chi connectivity index (χ4v) is 5.04. The van der Waals surface area contributed by atoms with Gasteiger partial charge in [-0.05, 0) is 93.9 Å². The summed E-state index contributed by atoms with van der Waals surface area (Å²) in [5, 5.41) is 4.32. The molecule has 0 heterocycles. The summed E-state index contributed by atoms with van der Waals surface area (Å²) < 4.78 is 44.4. The van der Waals surface area contributed by atoms with Gasteiger partial charge in [0.05, 0.1) is 23.4 Å². The minimum atomic E-state index is -4.18. The molecule has 0 unspecified atom stereocenters. The summed E-state index contributed by atoms with van der Waals surface area (Å²) in [4.78, 5) is 24.6. The van der Waals surface area contributed by atoms with Crippen molar-refractivity contribution < 1.29 is 32.2 Å². The number of nitrogens with zero attached hydrogens (tertiary/aromatic N) is 2. The number of carbonyl (C=O) groups is 2. The van der Waals surface area contributed by atoms with Gasteiger partial charge in [-0.15, -0.1) is 0 Å². The quantitative estimate of drug-likeness (QED) is 0.180. The number of halogens is 1. The van der Waals surface area contributed by atoms with Gasteiger partial charge in [0.15, 0.2) is 6.61 Å². The van der Waals surface area contributed by atoms with Crippen molar-refractivity contribution in [3.8, 4) is 11.5 Å². The van der Waals surface area contributed by atoms with Crippen LogP contribution in [0, 0.1) is 0 Å². The van der Waals surface area contributed by atoms with Crippen LogP contribution in [0.1, 0.15) is 33.3 Å². The Kier molecular flexibility index (Phi) is 10.7. The molecule has 0 saturated carbocycles. The molecule has 3 aromatic carbocycles. The Hall–Kier alpha value is -4.09. The first kappa shape index (κ1) is 31.4. The van der Waals surface area contributed by atoms with Crippen LogP contribution in [-0.2, 0) is 24.3 Å². The lowest BCUT2D eigenvalue weighted by atomic mass is 10.2. The van der Waals surface area contributed by atoms with Gasteiger partial charge in [0.1, 0.15) is 23.6 Å². The monoisotopic (exact) mass is 601 g/mol. The molecule has 10 nitrogen and oxygen atoms in total. The predicted molar refractivity (Wildman–Crippen MR) is 157 cm³/mol. The van der Waals surface area contributed by atoms with Crippen LogP contribution in [0.5, 0.6) is 11.5 Å². The SMILES string of the molecule is CCOc1ccccc1N(CC(=O)N/N=C\c1ccc(OCC(=O)OC(C)(C)C)cc1)S(=O)(=O)c1ccc(Cl)cc1. The van der Waals surface area contributed by atoms with Gasteiger partial charge in [0, 0.05) is 5.02 Å². The van der Waals surface area contributed by atoms with E-state index < -0.39 is 34.0 Å². The Morgan fingerprint density at radius 1 is 0.976 bits per heavy atom. The molecule has 0 aliphatic heterocycles. The number of sulfonamides is 1. The summed E-state index contributed by atoms with van der Waals surface area (Å²) >= 11 is 5.94. The number of anilines is 1. The van der Waals surface area contributed by atoms with E-state index in [1.165, 1.54) is 30.5 Å². The average Bonchev–Trinajstić information content (AvgIpc) is 2.91. The van der Waals surface area contributed by atoms with E-state index in [0.29, 0.717) is 28.7 Å². The number of carbonyl (C=O) groups excluding carboxylic acids is 2. The minimum Gasteiger partial charge on any atom is -0.492 e. The Labute approximate surface area is 244 Å². The van der Waals surface area contributed by atoms with Gasteiger partial charge < -0.3 is 14.2 Å². The smallest absolute Gasteiger partial charge is 0.344 e. The minimum absolute atomic E-state index is 0.0431. The summed E-state index contributed by atoms with van der Waals surface area (Å²) in [6.07, 6.45) is 1.39. The second-order valence-electron chi connectivity index (χ2n) is 9.60. The van der Waals surface area contributed by atoms with Crippen molar-refractivity contribution in [1.29, 1.82) is 0 Å². The Morgan fingerprint density at radius 2 is 1.63 bits per heavy atom. The molecule has 0 radical (unpaired) electrons. The first-order valence-corrected chi connectivity index (χ1v) is 14.5. The lowest BCUT2D eigenvalue weighted by Gasteiger charge is -2.25. The molecule has 218 valence electrons. The average molecular weight is 602 g/mol. The Balaban J connectivity index is 1.70. The Morgan fingerprint density at radius 3 is 2.27 bits per heavy atom. The van der Waals surface area contributed by atoms with E-state index >= 15 is 0 Å². The topological polar surface area (TPSA) is 124 Å². The highest BCUT2D eigenvalue weighted by Crippen LogP contribution is 2.32. The van der Waals surface area contributed by atoms with E-state index in [0.717, 1.165) is 4.31 Å². The van der Waals surface area contributed by atoms with Gasteiger partial charge in [-0.2, -0.15) is 5.10 Å². The first-order valence-electron chi connectivity index (χ1n) is 12.7. The van der Waals surface area contributed by atoms with Gasteiger partial charge in [-0.3, -0.25) is 9.10 Å². The fourth-order valence-electron chi connectivity index (χ4n) is 3.48. The third kappa shape index (κ3) is 9.51. The number of benzene rings is 3. The van der Waals surface area contributed by atoms with E-state index in [1.807, 2.05) is 0 Å². The van der Waals surface area contributed by atoms with Crippen molar-refractivity contribution in [2.45, 2.75) is 38.2 Å². The predicted octanol–water partition coefficient (Wildman–Crippen LogP) is 4.80. The van der Waals surface area contributed by atoms with Crippen molar-refractivity contribution in [3.63, 3.8) is 0 Å². The molecule has 0 aliphatic rings. The zero-order chi connectivity index (χ0) is 30.0. The van der Waals surface area contributed by atoms with Crippen molar-refractivity contribution in [3.05, 3.63) is 83.4 Å². The molecule has 0 aromatic heterocycles. The normalized spacial score (nSPS) is 11.6. The van der Waals surface area contributed by atoms with E-state index in [4.69, 9.17) is 25.8 Å². The molecule has 0 spiro atoms. The van der Waals surface area contributed by atoms with Crippen LogP contribution in [-0.4, -0.2) is 51.9 Å². The number of hydrazone groups is 1. The maximum Gasteiger partial charge on any atom is 0.344 e. The van der Waals surface area contributed by atoms with Gasteiger partial charge in [-0.25, -0.2) is 18.6 Å². The summed E-state index contributed by atoms with van der Waals surface area (Å²) in [5.74, 6) is -0.407. The molecule has 0 saturated heterocycles. The maximum absolute atomic E-state index is 13.6. The number of rotatable bonds is 12. The van der Waals surface area contributed by atoms with Crippen LogP contribution in [0.2, 0.25) is 5.02 Å². The molecule has 0 bridgehead atoms. The van der Waals surface area contributed by atoms with Crippen LogP contribution in [0.3, 0.4) is 0 Å². The zero-order valence-electron chi connectivity index (χ0n) is 23.2. The van der Waals surface area contributed by atoms with E-state index in [1.54, 1.807) is 76.2 Å². The first-order chi connectivity index (χ1) is 19.4. The third-order valence-electron chi connectivity index (χ3n) is 5.18. The van der Waals surface area contributed by atoms with E-state index in [2.05, 4.69) is 10.5 Å². The second kappa shape index (κ2) is 14.0. The summed E-state index contributed by atoms with van der Waals surface area (Å²) in [5.41, 5.74) is 2.59. The number of para-hydroxylation sites is 2. The lowest BCUT2D eigenvalue weighted by Crippen LogP contribution is -2.39. The number of nitrogens with one attached hydrogen (secondary N) is 1. The van der Waals surface area contributed by atoms with Gasteiger partial charge in [0.25, 0.3) is 15.9 Å². The highest BCUT2D eigenvalue weighted by Gasteiger charge is 2.29. The fraction of sp³-hybridized carbons (Fsp3) is 0.276. The van der Waals surface area contributed by atoms with Gasteiger partial charge in [0.2, 0.25) is 0 Å². The van der Waals surface area contributed by atoms with Crippen molar-refractivity contribution in [2.24, 2.45) is 5.10 Å². The van der Waals surface area contributed by atoms with E-state index in [-0.39, 0.29) is 17.2 Å². The van der Waals surface area contributed by atoms with Crippen LogP contribution < -0.4 is 19.2 Å². The van der Waals surface area contributed by atoms with Crippen molar-refractivity contribution in [2.75, 3.05) is 24.1 Å². The number of hydrogen-bond donors (Lipinski definition) is 1. The van der Waals surface area contributed by atoms with Crippen LogP contribution >= 0.6 is 11.6 Å². The lowest BCUT2D eigenvalue weighted by molar-refractivity contribution is -0.157. The second-order valence-corrected chi connectivity index (χ2v) is 11.9. The molecule has 0 atom stereocenters. The van der Waals surface area contributed by atoms with Crippen LogP contribution in [0.15, 0.2) is 82.8 Å². The van der Waals surface area contributed by atoms with Crippen LogP contribution in [0.4, 0.5) is 5.69 Å². The highest BCUT2D eigenvalue weighted by molar-refractivity contribution is 7.92.